The maximum absolute atomic E-state index is 10.7. The highest BCUT2D eigenvalue weighted by molar-refractivity contribution is 5.80. The molecule has 1 amide bonds. The minimum atomic E-state index is -1.20. The SMILES string of the molecule is CC(C)c1ccc(C(O)C(N)=O)cc1. The van der Waals surface area contributed by atoms with E-state index in [1.807, 2.05) is 12.1 Å². The highest BCUT2D eigenvalue weighted by Gasteiger charge is 2.13. The van der Waals surface area contributed by atoms with Gasteiger partial charge in [0.25, 0.3) is 5.91 Å². The van der Waals surface area contributed by atoms with Crippen LogP contribution in [0.1, 0.15) is 37.0 Å². The van der Waals surface area contributed by atoms with Crippen molar-refractivity contribution in [1.29, 1.82) is 0 Å². The van der Waals surface area contributed by atoms with Crippen LogP contribution in [0.2, 0.25) is 0 Å². The van der Waals surface area contributed by atoms with Crippen LogP contribution in [0.4, 0.5) is 0 Å². The van der Waals surface area contributed by atoms with Crippen molar-refractivity contribution in [2.45, 2.75) is 25.9 Å². The molecule has 0 radical (unpaired) electrons. The minimum Gasteiger partial charge on any atom is -0.378 e. The van der Waals surface area contributed by atoms with Gasteiger partial charge in [-0.1, -0.05) is 38.1 Å². The molecule has 0 bridgehead atoms. The number of aliphatic hydroxyl groups excluding tert-OH is 1. The molecule has 3 heteroatoms. The summed E-state index contributed by atoms with van der Waals surface area (Å²) in [5.74, 6) is -0.280. The topological polar surface area (TPSA) is 63.3 Å². The van der Waals surface area contributed by atoms with Gasteiger partial charge in [0.1, 0.15) is 0 Å². The monoisotopic (exact) mass is 193 g/mol. The number of carbonyl (C=O) groups is 1. The number of aliphatic hydroxyl groups is 1. The number of benzene rings is 1. The average molecular weight is 193 g/mol. The standard InChI is InChI=1S/C11H15NO2/c1-7(2)8-3-5-9(6-4-8)10(13)11(12)14/h3-7,10,13H,1-2H3,(H2,12,14). The van der Waals surface area contributed by atoms with Crippen molar-refractivity contribution in [3.63, 3.8) is 0 Å². The Morgan fingerprint density at radius 3 is 2.00 bits per heavy atom. The van der Waals surface area contributed by atoms with Crippen molar-refractivity contribution >= 4 is 5.91 Å². The van der Waals surface area contributed by atoms with Crippen molar-refractivity contribution in [2.24, 2.45) is 5.73 Å². The van der Waals surface area contributed by atoms with E-state index in [0.717, 1.165) is 0 Å². The van der Waals surface area contributed by atoms with E-state index >= 15 is 0 Å². The molecule has 1 aromatic rings. The second-order valence-electron chi connectivity index (χ2n) is 3.63. The number of nitrogens with two attached hydrogens (primary N) is 1. The van der Waals surface area contributed by atoms with E-state index in [-0.39, 0.29) is 0 Å². The van der Waals surface area contributed by atoms with Gasteiger partial charge >= 0.3 is 0 Å². The van der Waals surface area contributed by atoms with E-state index in [2.05, 4.69) is 13.8 Å². The molecule has 0 saturated heterocycles. The van der Waals surface area contributed by atoms with Crippen molar-refractivity contribution in [1.82, 2.24) is 0 Å². The van der Waals surface area contributed by atoms with Crippen molar-refractivity contribution < 1.29 is 9.90 Å². The van der Waals surface area contributed by atoms with Crippen molar-refractivity contribution in [3.05, 3.63) is 35.4 Å². The van der Waals surface area contributed by atoms with Crippen LogP contribution < -0.4 is 5.73 Å². The Kier molecular flexibility index (Phi) is 3.25. The Morgan fingerprint density at radius 1 is 1.21 bits per heavy atom. The Hall–Kier alpha value is -1.35. The molecule has 1 rings (SSSR count). The van der Waals surface area contributed by atoms with Crippen LogP contribution in [0.3, 0.4) is 0 Å². The molecule has 0 heterocycles. The summed E-state index contributed by atoms with van der Waals surface area (Å²) in [4.78, 5) is 10.7. The molecule has 0 aliphatic rings. The number of hydrogen-bond donors (Lipinski definition) is 2. The number of primary amides is 1. The van der Waals surface area contributed by atoms with E-state index in [1.54, 1.807) is 12.1 Å². The highest BCUT2D eigenvalue weighted by atomic mass is 16.3. The number of carbonyl (C=O) groups excluding carboxylic acids is 1. The molecule has 1 aromatic carbocycles. The summed E-state index contributed by atoms with van der Waals surface area (Å²) < 4.78 is 0. The predicted octanol–water partition coefficient (Wildman–Crippen LogP) is 1.33. The fraction of sp³-hybridized carbons (Fsp3) is 0.364. The van der Waals surface area contributed by atoms with Gasteiger partial charge in [0, 0.05) is 0 Å². The lowest BCUT2D eigenvalue weighted by Gasteiger charge is -2.09. The molecular formula is C11H15NO2. The zero-order chi connectivity index (χ0) is 10.7. The Bertz CT molecular complexity index is 317. The van der Waals surface area contributed by atoms with Gasteiger partial charge in [0.05, 0.1) is 0 Å². The predicted molar refractivity (Wildman–Crippen MR) is 54.7 cm³/mol. The fourth-order valence-corrected chi connectivity index (χ4v) is 1.23. The number of hydrogen-bond acceptors (Lipinski definition) is 2. The summed E-state index contributed by atoms with van der Waals surface area (Å²) >= 11 is 0. The van der Waals surface area contributed by atoms with E-state index in [1.165, 1.54) is 5.56 Å². The molecule has 0 saturated carbocycles. The lowest BCUT2D eigenvalue weighted by molar-refractivity contribution is -0.126. The van der Waals surface area contributed by atoms with Crippen LogP contribution in [-0.2, 0) is 4.79 Å². The second-order valence-corrected chi connectivity index (χ2v) is 3.63. The van der Waals surface area contributed by atoms with E-state index < -0.39 is 12.0 Å². The molecule has 0 aliphatic heterocycles. The van der Waals surface area contributed by atoms with Gasteiger partial charge in [-0.05, 0) is 17.0 Å². The fourth-order valence-electron chi connectivity index (χ4n) is 1.23. The first-order valence-electron chi connectivity index (χ1n) is 4.59. The molecule has 76 valence electrons. The van der Waals surface area contributed by atoms with Gasteiger partial charge < -0.3 is 10.8 Å². The molecule has 3 nitrogen and oxygen atoms in total. The van der Waals surface area contributed by atoms with E-state index in [0.29, 0.717) is 11.5 Å². The van der Waals surface area contributed by atoms with Crippen molar-refractivity contribution in [3.8, 4) is 0 Å². The molecule has 0 fully saturated rings. The molecule has 0 aliphatic carbocycles. The summed E-state index contributed by atoms with van der Waals surface area (Å²) in [6.45, 7) is 4.17. The van der Waals surface area contributed by atoms with Crippen LogP contribution in [-0.4, -0.2) is 11.0 Å². The van der Waals surface area contributed by atoms with Crippen LogP contribution in [0.25, 0.3) is 0 Å². The summed E-state index contributed by atoms with van der Waals surface area (Å²) in [5.41, 5.74) is 6.69. The first-order chi connectivity index (χ1) is 6.52. The number of amides is 1. The Labute approximate surface area is 83.6 Å². The lowest BCUT2D eigenvalue weighted by Crippen LogP contribution is -2.20. The van der Waals surface area contributed by atoms with Gasteiger partial charge in [0.15, 0.2) is 6.10 Å². The Morgan fingerprint density at radius 2 is 1.64 bits per heavy atom. The maximum atomic E-state index is 10.7. The molecular weight excluding hydrogens is 178 g/mol. The van der Waals surface area contributed by atoms with Gasteiger partial charge in [-0.15, -0.1) is 0 Å². The third kappa shape index (κ3) is 2.33. The smallest absolute Gasteiger partial charge is 0.250 e. The minimum absolute atomic E-state index is 0.440. The van der Waals surface area contributed by atoms with E-state index in [4.69, 9.17) is 5.73 Å². The van der Waals surface area contributed by atoms with Gasteiger partial charge in [-0.25, -0.2) is 0 Å². The summed E-state index contributed by atoms with van der Waals surface area (Å²) in [7, 11) is 0. The van der Waals surface area contributed by atoms with Crippen molar-refractivity contribution in [2.75, 3.05) is 0 Å². The Balaban J connectivity index is 2.88. The maximum Gasteiger partial charge on any atom is 0.250 e. The highest BCUT2D eigenvalue weighted by Crippen LogP contribution is 2.18. The number of rotatable bonds is 3. The van der Waals surface area contributed by atoms with E-state index in [9.17, 15) is 9.90 Å². The van der Waals surface area contributed by atoms with Crippen LogP contribution in [0.15, 0.2) is 24.3 Å². The molecule has 1 unspecified atom stereocenters. The normalized spacial score (nSPS) is 12.9. The van der Waals surface area contributed by atoms with Gasteiger partial charge in [0.2, 0.25) is 0 Å². The molecule has 3 N–H and O–H groups in total. The first-order valence-corrected chi connectivity index (χ1v) is 4.59. The van der Waals surface area contributed by atoms with Crippen LogP contribution in [0.5, 0.6) is 0 Å². The summed E-state index contributed by atoms with van der Waals surface area (Å²) in [6.07, 6.45) is -1.20. The zero-order valence-electron chi connectivity index (χ0n) is 8.40. The second kappa shape index (κ2) is 4.24. The largest absolute Gasteiger partial charge is 0.378 e. The molecule has 0 spiro atoms. The first kappa shape index (κ1) is 10.7. The quantitative estimate of drug-likeness (QED) is 0.760. The average Bonchev–Trinajstić information content (AvgIpc) is 2.16. The summed E-state index contributed by atoms with van der Waals surface area (Å²) in [6, 6.07) is 7.24. The molecule has 1 atom stereocenters. The van der Waals surface area contributed by atoms with Gasteiger partial charge in [-0.2, -0.15) is 0 Å². The lowest BCUT2D eigenvalue weighted by atomic mass is 10.00. The third-order valence-electron chi connectivity index (χ3n) is 2.19. The third-order valence-corrected chi connectivity index (χ3v) is 2.19. The van der Waals surface area contributed by atoms with Crippen LogP contribution >= 0.6 is 0 Å². The van der Waals surface area contributed by atoms with Crippen LogP contribution in [0, 0.1) is 0 Å². The van der Waals surface area contributed by atoms with Gasteiger partial charge in [-0.3, -0.25) is 4.79 Å². The molecule has 0 aromatic heterocycles. The zero-order valence-corrected chi connectivity index (χ0v) is 8.40. The molecule has 14 heavy (non-hydrogen) atoms. The summed E-state index contributed by atoms with van der Waals surface area (Å²) in [5, 5.41) is 9.35.